The maximum atomic E-state index is 14.6. The van der Waals surface area contributed by atoms with Crippen molar-refractivity contribution in [2.24, 2.45) is 5.92 Å². The second-order valence-electron chi connectivity index (χ2n) is 7.66. The largest absolute Gasteiger partial charge is 0.486 e. The molecule has 170 valence electrons. The van der Waals surface area contributed by atoms with E-state index in [1.165, 1.54) is 10.4 Å². The van der Waals surface area contributed by atoms with E-state index in [1.54, 1.807) is 18.2 Å². The number of benzene rings is 1. The number of amides is 3. The third-order valence-electron chi connectivity index (χ3n) is 5.55. The lowest BCUT2D eigenvalue weighted by molar-refractivity contribution is -0.148. The van der Waals surface area contributed by atoms with Gasteiger partial charge in [0.05, 0.1) is 5.92 Å². The predicted molar refractivity (Wildman–Crippen MR) is 109 cm³/mol. The number of nitrogens with one attached hydrogen (secondary N) is 2. The zero-order chi connectivity index (χ0) is 22.4. The second kappa shape index (κ2) is 10.4. The molecule has 3 atom stereocenters. The molecule has 1 aromatic carbocycles. The minimum Gasteiger partial charge on any atom is -0.486 e. The fourth-order valence-corrected chi connectivity index (χ4v) is 3.93. The minimum absolute atomic E-state index is 0.150. The first-order valence-corrected chi connectivity index (χ1v) is 10.5. The summed E-state index contributed by atoms with van der Waals surface area (Å²) >= 11 is 0. The summed E-state index contributed by atoms with van der Waals surface area (Å²) in [5.41, 5.74) is 1.77. The highest BCUT2D eigenvalue weighted by Crippen LogP contribution is 2.33. The Bertz CT molecular complexity index is 820. The van der Waals surface area contributed by atoms with Crippen molar-refractivity contribution < 1.29 is 33.5 Å². The number of unbranched alkanes of at least 4 members (excludes halogenated alkanes) is 1. The molecule has 3 unspecified atom stereocenters. The summed E-state index contributed by atoms with van der Waals surface area (Å²) in [5, 5.41) is 11.6. The number of rotatable bonds is 8. The number of likely N-dealkylation sites (tertiary alicyclic amines) is 1. The third kappa shape index (κ3) is 5.25. The van der Waals surface area contributed by atoms with Crippen LogP contribution in [0.5, 0.6) is 11.5 Å². The van der Waals surface area contributed by atoms with E-state index < -0.39 is 35.9 Å². The van der Waals surface area contributed by atoms with E-state index in [0.717, 1.165) is 0 Å². The van der Waals surface area contributed by atoms with E-state index in [4.69, 9.17) is 14.7 Å². The number of anilines is 1. The molecule has 31 heavy (non-hydrogen) atoms. The maximum absolute atomic E-state index is 14.6. The molecule has 0 spiro atoms. The Morgan fingerprint density at radius 1 is 1.26 bits per heavy atom. The summed E-state index contributed by atoms with van der Waals surface area (Å²) in [7, 11) is 0. The fourth-order valence-electron chi connectivity index (χ4n) is 3.93. The van der Waals surface area contributed by atoms with E-state index >= 15 is 0 Å². The van der Waals surface area contributed by atoms with Gasteiger partial charge >= 0.3 is 0 Å². The Morgan fingerprint density at radius 3 is 2.71 bits per heavy atom. The standard InChI is InChI=1S/C21H28FN3O6/c1-2-3-5-14(18(22)20(27)24-29)21(28)25-9-4-6-15(25)19(26)23-13-7-8-16-17(12-13)31-11-10-30-16/h7-8,12,14-15,18,29H,2-6,9-11H2,1H3,(H,23,26)(H,24,27). The Hall–Kier alpha value is -2.88. The molecule has 9 nitrogen and oxygen atoms in total. The normalized spacial score (nSPS) is 19.5. The fraction of sp³-hybridized carbons (Fsp3) is 0.571. The zero-order valence-electron chi connectivity index (χ0n) is 17.4. The molecule has 1 saturated heterocycles. The molecule has 3 rings (SSSR count). The van der Waals surface area contributed by atoms with Crippen LogP contribution in [0.4, 0.5) is 10.1 Å². The van der Waals surface area contributed by atoms with Crippen molar-refractivity contribution in [3.8, 4) is 11.5 Å². The summed E-state index contributed by atoms with van der Waals surface area (Å²) in [5.74, 6) is -2.38. The average molecular weight is 437 g/mol. The lowest BCUT2D eigenvalue weighted by atomic mass is 9.94. The molecule has 10 heteroatoms. The van der Waals surface area contributed by atoms with Crippen LogP contribution in [0.15, 0.2) is 18.2 Å². The molecule has 0 saturated carbocycles. The molecular formula is C21H28FN3O6. The molecule has 1 fully saturated rings. The summed E-state index contributed by atoms with van der Waals surface area (Å²) in [6.45, 7) is 3.07. The van der Waals surface area contributed by atoms with Gasteiger partial charge in [-0.3, -0.25) is 19.6 Å². The van der Waals surface area contributed by atoms with Crippen molar-refractivity contribution >= 4 is 23.4 Å². The molecule has 0 bridgehead atoms. The molecule has 2 aliphatic rings. The van der Waals surface area contributed by atoms with Crippen LogP contribution in [0.2, 0.25) is 0 Å². The lowest BCUT2D eigenvalue weighted by Gasteiger charge is -2.29. The van der Waals surface area contributed by atoms with Crippen molar-refractivity contribution in [1.82, 2.24) is 10.4 Å². The average Bonchev–Trinajstić information content (AvgIpc) is 3.28. The quantitative estimate of drug-likeness (QED) is 0.423. The van der Waals surface area contributed by atoms with Crippen LogP contribution in [0.25, 0.3) is 0 Å². The van der Waals surface area contributed by atoms with Crippen LogP contribution in [-0.2, 0) is 14.4 Å². The van der Waals surface area contributed by atoms with Gasteiger partial charge in [0.1, 0.15) is 19.3 Å². The summed E-state index contributed by atoms with van der Waals surface area (Å²) in [6.07, 6.45) is 0.242. The van der Waals surface area contributed by atoms with E-state index in [-0.39, 0.29) is 6.42 Å². The number of carbonyl (C=O) groups is 3. The van der Waals surface area contributed by atoms with Crippen LogP contribution in [0.1, 0.15) is 39.0 Å². The Balaban J connectivity index is 1.71. The number of hydrogen-bond acceptors (Lipinski definition) is 6. The number of nitrogens with zero attached hydrogens (tertiary/aromatic N) is 1. The summed E-state index contributed by atoms with van der Waals surface area (Å²) in [4.78, 5) is 38.9. The highest BCUT2D eigenvalue weighted by atomic mass is 19.1. The van der Waals surface area contributed by atoms with Gasteiger partial charge < -0.3 is 19.7 Å². The Labute approximate surface area is 179 Å². The van der Waals surface area contributed by atoms with E-state index in [2.05, 4.69) is 5.32 Å². The lowest BCUT2D eigenvalue weighted by Crippen LogP contribution is -2.49. The van der Waals surface area contributed by atoms with Gasteiger partial charge in [-0.05, 0) is 31.4 Å². The smallest absolute Gasteiger partial charge is 0.278 e. The number of fused-ring (bicyclic) bond motifs is 1. The van der Waals surface area contributed by atoms with Gasteiger partial charge in [0.2, 0.25) is 11.8 Å². The minimum atomic E-state index is -2.19. The van der Waals surface area contributed by atoms with E-state index in [9.17, 15) is 18.8 Å². The van der Waals surface area contributed by atoms with Gasteiger partial charge in [0.15, 0.2) is 17.7 Å². The van der Waals surface area contributed by atoms with Gasteiger partial charge in [-0.2, -0.15) is 0 Å². The number of carbonyl (C=O) groups excluding carboxylic acids is 3. The predicted octanol–water partition coefficient (Wildman–Crippen LogP) is 2.04. The van der Waals surface area contributed by atoms with Crippen LogP contribution < -0.4 is 20.3 Å². The molecular weight excluding hydrogens is 409 g/mol. The van der Waals surface area contributed by atoms with Crippen molar-refractivity contribution in [2.45, 2.75) is 51.2 Å². The van der Waals surface area contributed by atoms with Gasteiger partial charge in [-0.15, -0.1) is 0 Å². The maximum Gasteiger partial charge on any atom is 0.278 e. The topological polar surface area (TPSA) is 117 Å². The SMILES string of the molecule is CCCCC(C(=O)N1CCCC1C(=O)Nc1ccc2c(c1)OCCO2)C(F)C(=O)NO. The van der Waals surface area contributed by atoms with Crippen LogP contribution in [-0.4, -0.2) is 59.8 Å². The van der Waals surface area contributed by atoms with Crippen molar-refractivity contribution in [3.63, 3.8) is 0 Å². The van der Waals surface area contributed by atoms with Crippen LogP contribution in [0.3, 0.4) is 0 Å². The molecule has 0 radical (unpaired) electrons. The Morgan fingerprint density at radius 2 is 2.00 bits per heavy atom. The first kappa shape index (κ1) is 22.8. The number of ether oxygens (including phenoxy) is 2. The molecule has 2 heterocycles. The monoisotopic (exact) mass is 437 g/mol. The van der Waals surface area contributed by atoms with Crippen LogP contribution >= 0.6 is 0 Å². The second-order valence-corrected chi connectivity index (χ2v) is 7.66. The summed E-state index contributed by atoms with van der Waals surface area (Å²) < 4.78 is 25.6. The molecule has 3 amide bonds. The molecule has 1 aromatic rings. The molecule has 0 aliphatic carbocycles. The van der Waals surface area contributed by atoms with Crippen molar-refractivity contribution in [1.29, 1.82) is 0 Å². The summed E-state index contributed by atoms with van der Waals surface area (Å²) in [6, 6.07) is 4.26. The number of alkyl halides is 1. The van der Waals surface area contributed by atoms with Crippen molar-refractivity contribution in [3.05, 3.63) is 18.2 Å². The zero-order valence-corrected chi connectivity index (χ0v) is 17.4. The number of hydroxylamine groups is 1. The van der Waals surface area contributed by atoms with E-state index in [0.29, 0.717) is 62.6 Å². The van der Waals surface area contributed by atoms with Crippen molar-refractivity contribution in [2.75, 3.05) is 25.1 Å². The number of halogens is 1. The van der Waals surface area contributed by atoms with Gasteiger partial charge in [-0.1, -0.05) is 19.8 Å². The molecule has 3 N–H and O–H groups in total. The van der Waals surface area contributed by atoms with Gasteiger partial charge in [0.25, 0.3) is 5.91 Å². The number of hydrogen-bond donors (Lipinski definition) is 3. The highest BCUT2D eigenvalue weighted by Gasteiger charge is 2.41. The Kier molecular flexibility index (Phi) is 7.67. The molecule has 2 aliphatic heterocycles. The van der Waals surface area contributed by atoms with E-state index in [1.807, 2.05) is 6.92 Å². The first-order valence-electron chi connectivity index (χ1n) is 10.5. The van der Waals surface area contributed by atoms with Gasteiger partial charge in [0, 0.05) is 18.3 Å². The third-order valence-corrected chi connectivity index (χ3v) is 5.55. The first-order chi connectivity index (χ1) is 15.0. The van der Waals surface area contributed by atoms with Crippen LogP contribution in [0, 0.1) is 5.92 Å². The molecule has 0 aromatic heterocycles. The van der Waals surface area contributed by atoms with Gasteiger partial charge in [-0.25, -0.2) is 9.87 Å². The highest BCUT2D eigenvalue weighted by molar-refractivity contribution is 5.98.